The van der Waals surface area contributed by atoms with Crippen molar-refractivity contribution in [3.05, 3.63) is 95.3 Å². The van der Waals surface area contributed by atoms with Gasteiger partial charge in [-0.15, -0.1) is 0 Å². The molecule has 0 bridgehead atoms. The van der Waals surface area contributed by atoms with E-state index in [1.165, 1.54) is 18.2 Å². The van der Waals surface area contributed by atoms with Gasteiger partial charge in [0.05, 0.1) is 23.2 Å². The summed E-state index contributed by atoms with van der Waals surface area (Å²) >= 11 is 0. The number of aliphatic hydroxyl groups is 1. The average Bonchev–Trinajstić information content (AvgIpc) is 3.41. The molecule has 1 saturated heterocycles. The van der Waals surface area contributed by atoms with E-state index >= 15 is 4.39 Å². The maximum absolute atomic E-state index is 15.1. The van der Waals surface area contributed by atoms with E-state index < -0.39 is 29.3 Å². The van der Waals surface area contributed by atoms with Crippen molar-refractivity contribution >= 4 is 34.4 Å². The number of imidazole rings is 1. The molecule has 5 rings (SSSR count). The number of carbonyl (C=O) groups is 2. The largest absolute Gasteiger partial charge is 0.507 e. The summed E-state index contributed by atoms with van der Waals surface area (Å²) in [6.45, 7) is 4.49. The van der Waals surface area contributed by atoms with E-state index in [2.05, 4.69) is 9.97 Å². The number of para-hydroxylation sites is 2. The lowest BCUT2D eigenvalue weighted by Gasteiger charge is -2.23. The van der Waals surface area contributed by atoms with Gasteiger partial charge < -0.3 is 14.8 Å². The Bertz CT molecular complexity index is 1470. The summed E-state index contributed by atoms with van der Waals surface area (Å²) in [5.41, 5.74) is 1.34. The molecule has 7 nitrogen and oxygen atoms in total. The van der Waals surface area contributed by atoms with Crippen LogP contribution in [0.5, 0.6) is 5.75 Å². The summed E-state index contributed by atoms with van der Waals surface area (Å²) in [5, 5.41) is 11.3. The molecule has 1 amide bonds. The molecule has 0 radical (unpaired) electrons. The molecular weight excluding hydrogens is 461 g/mol. The van der Waals surface area contributed by atoms with Crippen molar-refractivity contribution in [1.29, 1.82) is 0 Å². The van der Waals surface area contributed by atoms with Crippen LogP contribution in [0.25, 0.3) is 16.8 Å². The fraction of sp³-hybridized carbons (Fsp3) is 0.179. The first-order valence-corrected chi connectivity index (χ1v) is 11.6. The van der Waals surface area contributed by atoms with Crippen LogP contribution >= 0.6 is 0 Å². The zero-order valence-corrected chi connectivity index (χ0v) is 19.7. The molecule has 0 saturated carbocycles. The van der Waals surface area contributed by atoms with Crippen LogP contribution in [0, 0.1) is 11.7 Å². The van der Waals surface area contributed by atoms with Gasteiger partial charge in [0.1, 0.15) is 23.4 Å². The number of H-pyrrole nitrogens is 1. The average molecular weight is 486 g/mol. The van der Waals surface area contributed by atoms with Crippen LogP contribution in [-0.4, -0.2) is 33.4 Å². The van der Waals surface area contributed by atoms with Crippen molar-refractivity contribution in [3.8, 4) is 5.75 Å². The summed E-state index contributed by atoms with van der Waals surface area (Å²) in [5.74, 6) is -2.02. The molecule has 2 N–H and O–H groups in total. The highest BCUT2D eigenvalue weighted by molar-refractivity contribution is 6.51. The number of amides is 1. The van der Waals surface area contributed by atoms with Gasteiger partial charge in [0, 0.05) is 11.1 Å². The summed E-state index contributed by atoms with van der Waals surface area (Å²) in [4.78, 5) is 35.2. The number of halogens is 1. The Kier molecular flexibility index (Phi) is 6.01. The summed E-state index contributed by atoms with van der Waals surface area (Å²) in [7, 11) is 0. The molecule has 1 aromatic heterocycles. The minimum absolute atomic E-state index is 0.0610. The van der Waals surface area contributed by atoms with Gasteiger partial charge in [-0.3, -0.25) is 14.5 Å². The van der Waals surface area contributed by atoms with Gasteiger partial charge in [0.25, 0.3) is 5.78 Å². The molecule has 36 heavy (non-hydrogen) atoms. The quantitative estimate of drug-likeness (QED) is 0.218. The number of aromatic nitrogens is 2. The van der Waals surface area contributed by atoms with Gasteiger partial charge in [-0.25, -0.2) is 9.37 Å². The van der Waals surface area contributed by atoms with E-state index in [-0.39, 0.29) is 28.6 Å². The van der Waals surface area contributed by atoms with Crippen LogP contribution in [0.2, 0.25) is 0 Å². The van der Waals surface area contributed by atoms with E-state index in [4.69, 9.17) is 4.74 Å². The second kappa shape index (κ2) is 9.30. The number of Topliss-reactive ketones (excluding diaryl/α,β-unsaturated/α-hetero) is 1. The lowest BCUT2D eigenvalue weighted by Crippen LogP contribution is -2.30. The van der Waals surface area contributed by atoms with Crippen molar-refractivity contribution in [2.24, 2.45) is 5.92 Å². The zero-order valence-electron chi connectivity index (χ0n) is 19.7. The van der Waals surface area contributed by atoms with E-state index in [1.54, 1.807) is 54.6 Å². The highest BCUT2D eigenvalue weighted by atomic mass is 19.1. The van der Waals surface area contributed by atoms with Crippen molar-refractivity contribution in [1.82, 2.24) is 9.97 Å². The normalized spacial score (nSPS) is 17.3. The van der Waals surface area contributed by atoms with Gasteiger partial charge in [-0.05, 0) is 36.2 Å². The fourth-order valence-corrected chi connectivity index (χ4v) is 4.25. The maximum Gasteiger partial charge on any atom is 0.302 e. The number of anilines is 1. The van der Waals surface area contributed by atoms with Crippen LogP contribution in [0.3, 0.4) is 0 Å². The number of hydrogen-bond donors (Lipinski definition) is 2. The van der Waals surface area contributed by atoms with Gasteiger partial charge in [0.2, 0.25) is 5.95 Å². The molecule has 1 unspecified atom stereocenters. The van der Waals surface area contributed by atoms with Crippen molar-refractivity contribution in [2.75, 3.05) is 11.5 Å². The summed E-state index contributed by atoms with van der Waals surface area (Å²) in [6.07, 6.45) is 0. The second-order valence-electron chi connectivity index (χ2n) is 9.00. The monoisotopic (exact) mass is 485 g/mol. The Hall–Kier alpha value is -4.46. The molecular formula is C28H24FN3O4. The number of nitrogens with one attached hydrogen (secondary N) is 1. The second-order valence-corrected chi connectivity index (χ2v) is 9.00. The Morgan fingerprint density at radius 3 is 2.58 bits per heavy atom. The van der Waals surface area contributed by atoms with Crippen LogP contribution < -0.4 is 9.64 Å². The number of carbonyl (C=O) groups excluding carboxylic acids is 2. The number of aromatic amines is 1. The number of ketones is 1. The third kappa shape index (κ3) is 4.11. The number of nitrogens with zero attached hydrogens (tertiary/aromatic N) is 2. The lowest BCUT2D eigenvalue weighted by atomic mass is 9.95. The molecule has 182 valence electrons. The number of fused-ring (bicyclic) bond motifs is 1. The predicted molar refractivity (Wildman–Crippen MR) is 134 cm³/mol. The van der Waals surface area contributed by atoms with E-state index in [0.717, 1.165) is 4.90 Å². The molecule has 0 spiro atoms. The smallest absolute Gasteiger partial charge is 0.302 e. The van der Waals surface area contributed by atoms with Crippen LogP contribution in [0.15, 0.2) is 78.4 Å². The first-order chi connectivity index (χ1) is 17.3. The van der Waals surface area contributed by atoms with Gasteiger partial charge in [-0.1, -0.05) is 56.3 Å². The van der Waals surface area contributed by atoms with Crippen LogP contribution in [-0.2, 0) is 9.59 Å². The first kappa shape index (κ1) is 23.3. The molecule has 1 aliphatic heterocycles. The van der Waals surface area contributed by atoms with Crippen LogP contribution in [0.1, 0.15) is 31.0 Å². The number of rotatable bonds is 6. The van der Waals surface area contributed by atoms with E-state index in [9.17, 15) is 14.7 Å². The number of ether oxygens (including phenoxy) is 1. The third-order valence-electron chi connectivity index (χ3n) is 5.94. The molecule has 8 heteroatoms. The SMILES string of the molecule is CC(C)COc1cccc(/C(O)=C2\C(=O)C(=O)N(c3nc4ccccc4[nH]3)C2c2ccccc2F)c1. The third-order valence-corrected chi connectivity index (χ3v) is 5.94. The lowest BCUT2D eigenvalue weighted by molar-refractivity contribution is -0.132. The molecule has 1 fully saturated rings. The van der Waals surface area contributed by atoms with E-state index in [0.29, 0.717) is 23.4 Å². The molecule has 4 aromatic rings. The molecule has 1 aliphatic rings. The Balaban J connectivity index is 1.67. The number of benzene rings is 3. The first-order valence-electron chi connectivity index (χ1n) is 11.6. The predicted octanol–water partition coefficient (Wildman–Crippen LogP) is 5.36. The molecule has 0 aliphatic carbocycles. The number of aliphatic hydroxyl groups excluding tert-OH is 1. The molecule has 3 aromatic carbocycles. The zero-order chi connectivity index (χ0) is 25.4. The summed E-state index contributed by atoms with van der Waals surface area (Å²) < 4.78 is 20.8. The Morgan fingerprint density at radius 1 is 1.08 bits per heavy atom. The van der Waals surface area contributed by atoms with Crippen molar-refractivity contribution < 1.29 is 23.8 Å². The van der Waals surface area contributed by atoms with Gasteiger partial charge in [0.15, 0.2) is 0 Å². The van der Waals surface area contributed by atoms with Gasteiger partial charge in [-0.2, -0.15) is 0 Å². The highest BCUT2D eigenvalue weighted by Gasteiger charge is 2.49. The minimum atomic E-state index is -1.23. The highest BCUT2D eigenvalue weighted by Crippen LogP contribution is 2.42. The maximum atomic E-state index is 15.1. The Morgan fingerprint density at radius 2 is 1.83 bits per heavy atom. The summed E-state index contributed by atoms with van der Waals surface area (Å²) in [6, 6.07) is 18.4. The topological polar surface area (TPSA) is 95.5 Å². The van der Waals surface area contributed by atoms with Gasteiger partial charge >= 0.3 is 5.91 Å². The Labute approximate surface area is 206 Å². The minimum Gasteiger partial charge on any atom is -0.507 e. The molecule has 2 heterocycles. The number of hydrogen-bond acceptors (Lipinski definition) is 5. The van der Waals surface area contributed by atoms with E-state index in [1.807, 2.05) is 13.8 Å². The van der Waals surface area contributed by atoms with Crippen LogP contribution in [0.4, 0.5) is 10.3 Å². The molecule has 1 atom stereocenters. The van der Waals surface area contributed by atoms with Crippen molar-refractivity contribution in [3.63, 3.8) is 0 Å². The fourth-order valence-electron chi connectivity index (χ4n) is 4.25. The standard InChI is InChI=1S/C28H24FN3O4/c1-16(2)15-36-18-9-7-8-17(14-18)25(33)23-24(19-10-3-4-11-20(19)29)32(27(35)26(23)34)28-30-21-12-5-6-13-22(21)31-28/h3-14,16,24,33H,15H2,1-2H3,(H,30,31)/b25-23+. The van der Waals surface area contributed by atoms with Crippen molar-refractivity contribution in [2.45, 2.75) is 19.9 Å².